The smallest absolute Gasteiger partial charge is 0.337 e. The Kier molecular flexibility index (Phi) is 9.84. The molecule has 1 amide bonds. The van der Waals surface area contributed by atoms with Crippen LogP contribution in [0.25, 0.3) is 0 Å². The molecule has 2 N–H and O–H groups in total. The van der Waals surface area contributed by atoms with Crippen molar-refractivity contribution in [3.63, 3.8) is 0 Å². The highest BCUT2D eigenvalue weighted by Crippen LogP contribution is 2.41. The summed E-state index contributed by atoms with van der Waals surface area (Å²) in [7, 11) is 0. The van der Waals surface area contributed by atoms with Gasteiger partial charge in [-0.1, -0.05) is 54.2 Å². The van der Waals surface area contributed by atoms with Crippen LogP contribution in [0.2, 0.25) is 5.02 Å². The summed E-state index contributed by atoms with van der Waals surface area (Å²) < 4.78 is 10.9. The quantitative estimate of drug-likeness (QED) is 0.290. The van der Waals surface area contributed by atoms with Crippen molar-refractivity contribution < 1.29 is 19.1 Å². The van der Waals surface area contributed by atoms with E-state index in [0.29, 0.717) is 44.9 Å². The van der Waals surface area contributed by atoms with Gasteiger partial charge in [0.1, 0.15) is 12.4 Å². The Morgan fingerprint density at radius 3 is 2.59 bits per heavy atom. The fraction of sp³-hybridized carbons (Fsp3) is 0.250. The number of anilines is 1. The summed E-state index contributed by atoms with van der Waals surface area (Å²) in [5.41, 5.74) is 3.41. The molecule has 0 bridgehead atoms. The number of nitrogens with zero attached hydrogens (tertiary/aromatic N) is 1. The van der Waals surface area contributed by atoms with Crippen molar-refractivity contribution in [3.05, 3.63) is 93.1 Å². The number of nitriles is 1. The number of amides is 1. The van der Waals surface area contributed by atoms with Gasteiger partial charge in [-0.15, -0.1) is 0 Å². The zero-order chi connectivity index (χ0) is 26.9. The zero-order valence-electron chi connectivity index (χ0n) is 20.9. The third kappa shape index (κ3) is 6.97. The average molecular weight is 538 g/mol. The molecule has 0 aliphatic carbocycles. The van der Waals surface area contributed by atoms with Crippen LogP contribution in [0.5, 0.6) is 5.75 Å². The molecule has 0 spiro atoms. The Bertz CT molecular complexity index is 1300. The second-order valence-corrected chi connectivity index (χ2v) is 9.53. The number of hydrogen-bond donors (Lipinski definition) is 2. The highest BCUT2D eigenvalue weighted by molar-refractivity contribution is 8.03. The maximum Gasteiger partial charge on any atom is 0.337 e. The third-order valence-electron chi connectivity index (χ3n) is 5.53. The van der Waals surface area contributed by atoms with Gasteiger partial charge >= 0.3 is 5.97 Å². The van der Waals surface area contributed by atoms with Crippen LogP contribution in [0.15, 0.2) is 77.0 Å². The van der Waals surface area contributed by atoms with E-state index in [1.807, 2.05) is 32.0 Å². The molecule has 0 fully saturated rings. The molecule has 0 radical (unpaired) electrons. The molecule has 0 saturated heterocycles. The van der Waals surface area contributed by atoms with Gasteiger partial charge in [-0.05, 0) is 56.2 Å². The van der Waals surface area contributed by atoms with Crippen LogP contribution >= 0.6 is 23.4 Å². The molecule has 7 nitrogen and oxygen atoms in total. The second-order valence-electron chi connectivity index (χ2n) is 8.14. The molecule has 1 aliphatic rings. The fourth-order valence-corrected chi connectivity index (χ4v) is 4.84. The van der Waals surface area contributed by atoms with Crippen molar-refractivity contribution in [2.75, 3.05) is 24.3 Å². The molecule has 192 valence electrons. The summed E-state index contributed by atoms with van der Waals surface area (Å²) in [5.74, 6) is -0.762. The lowest BCUT2D eigenvalue weighted by atomic mass is 9.82. The van der Waals surface area contributed by atoms with Crippen molar-refractivity contribution in [1.29, 1.82) is 5.26 Å². The van der Waals surface area contributed by atoms with Crippen LogP contribution in [0, 0.1) is 18.3 Å². The van der Waals surface area contributed by atoms with E-state index in [2.05, 4.69) is 23.3 Å². The van der Waals surface area contributed by atoms with Gasteiger partial charge < -0.3 is 20.1 Å². The number of ether oxygens (including phenoxy) is 2. The minimum atomic E-state index is -0.680. The molecular formula is C28H28ClN3O4S. The topological polar surface area (TPSA) is 100 Å². The van der Waals surface area contributed by atoms with E-state index in [4.69, 9.17) is 21.1 Å². The average Bonchev–Trinajstić information content (AvgIpc) is 2.88. The molecule has 9 heteroatoms. The van der Waals surface area contributed by atoms with Gasteiger partial charge in [0.05, 0.1) is 40.5 Å². The zero-order valence-corrected chi connectivity index (χ0v) is 22.5. The predicted octanol–water partition coefficient (Wildman–Crippen LogP) is 5.84. The molecule has 2 aromatic rings. The molecular weight excluding hydrogens is 510 g/mol. The van der Waals surface area contributed by atoms with Crippen molar-refractivity contribution in [2.24, 2.45) is 0 Å². The van der Waals surface area contributed by atoms with Crippen molar-refractivity contribution >= 4 is 40.9 Å². The fourth-order valence-electron chi connectivity index (χ4n) is 3.77. The minimum Gasteiger partial charge on any atom is -0.494 e. The van der Waals surface area contributed by atoms with E-state index >= 15 is 0 Å². The van der Waals surface area contributed by atoms with Crippen LogP contribution in [0.1, 0.15) is 30.9 Å². The Hall–Kier alpha value is -3.67. The van der Waals surface area contributed by atoms with Gasteiger partial charge in [-0.25, -0.2) is 4.79 Å². The Balaban J connectivity index is 1.90. The number of nitrogens with one attached hydrogen (secondary N) is 2. The lowest BCUT2D eigenvalue weighted by Crippen LogP contribution is -2.29. The summed E-state index contributed by atoms with van der Waals surface area (Å²) >= 11 is 7.34. The highest BCUT2D eigenvalue weighted by Gasteiger charge is 2.35. The van der Waals surface area contributed by atoms with E-state index in [-0.39, 0.29) is 18.3 Å². The van der Waals surface area contributed by atoms with Gasteiger partial charge in [0.15, 0.2) is 0 Å². The van der Waals surface area contributed by atoms with E-state index in [1.165, 1.54) is 17.8 Å². The van der Waals surface area contributed by atoms with Crippen LogP contribution in [-0.2, 0) is 14.3 Å². The normalized spacial score (nSPS) is 14.9. The molecule has 1 atom stereocenters. The van der Waals surface area contributed by atoms with E-state index in [1.54, 1.807) is 31.2 Å². The van der Waals surface area contributed by atoms with Crippen LogP contribution < -0.4 is 15.4 Å². The van der Waals surface area contributed by atoms with Crippen LogP contribution in [0.3, 0.4) is 0 Å². The number of halogens is 1. The Labute approximate surface area is 226 Å². The molecule has 3 rings (SSSR count). The van der Waals surface area contributed by atoms with Gasteiger partial charge in [-0.3, -0.25) is 4.79 Å². The lowest BCUT2D eigenvalue weighted by molar-refractivity contribution is -0.138. The lowest BCUT2D eigenvalue weighted by Gasteiger charge is -2.29. The standard InChI is InChI=1S/C28H28ClN3O4S/c1-5-13-36-28(34)25-18(4)31-27(37-16-24(33)32-20-10-7-17(3)23(29)14-20)22(15-30)26(25)19-8-11-21(12-9-19)35-6-2/h5,7-12,14,26,31H,1,6,13,16H2,2-4H3,(H,32,33). The molecule has 0 saturated carbocycles. The first-order valence-corrected chi connectivity index (χ1v) is 13.0. The first-order valence-electron chi connectivity index (χ1n) is 11.6. The highest BCUT2D eigenvalue weighted by atomic mass is 35.5. The van der Waals surface area contributed by atoms with Crippen LogP contribution in [0.4, 0.5) is 5.69 Å². The number of aryl methyl sites for hydroxylation is 1. The molecule has 2 aromatic carbocycles. The Morgan fingerprint density at radius 2 is 1.97 bits per heavy atom. The summed E-state index contributed by atoms with van der Waals surface area (Å²) in [4.78, 5) is 25.7. The second kappa shape index (κ2) is 13.0. The number of allylic oxidation sites excluding steroid dienone is 2. The number of esters is 1. The summed E-state index contributed by atoms with van der Waals surface area (Å²) in [5, 5.41) is 17.2. The first-order chi connectivity index (χ1) is 17.8. The molecule has 37 heavy (non-hydrogen) atoms. The number of thioether (sulfide) groups is 1. The number of hydrogen-bond acceptors (Lipinski definition) is 7. The van der Waals surface area contributed by atoms with E-state index in [9.17, 15) is 14.9 Å². The summed E-state index contributed by atoms with van der Waals surface area (Å²) in [6.45, 7) is 9.67. The minimum absolute atomic E-state index is 0.0402. The summed E-state index contributed by atoms with van der Waals surface area (Å²) in [6, 6.07) is 14.8. The SMILES string of the molecule is C=CCOC(=O)C1=C(C)NC(SCC(=O)Nc2ccc(C)c(Cl)c2)=C(C#N)C1c1ccc(OCC)cc1. The maximum atomic E-state index is 13.0. The molecule has 1 aliphatic heterocycles. The molecule has 1 unspecified atom stereocenters. The van der Waals surface area contributed by atoms with Crippen molar-refractivity contribution in [3.8, 4) is 11.8 Å². The first kappa shape index (κ1) is 27.9. The van der Waals surface area contributed by atoms with E-state index in [0.717, 1.165) is 11.1 Å². The van der Waals surface area contributed by atoms with Gasteiger partial charge in [0, 0.05) is 16.4 Å². The van der Waals surface area contributed by atoms with Crippen molar-refractivity contribution in [1.82, 2.24) is 5.32 Å². The van der Waals surface area contributed by atoms with E-state index < -0.39 is 11.9 Å². The Morgan fingerprint density at radius 1 is 1.24 bits per heavy atom. The van der Waals surface area contributed by atoms with Gasteiger partial charge in [-0.2, -0.15) is 5.26 Å². The number of dihydropyridines is 1. The van der Waals surface area contributed by atoms with Gasteiger partial charge in [0.25, 0.3) is 0 Å². The predicted molar refractivity (Wildman–Crippen MR) is 147 cm³/mol. The van der Waals surface area contributed by atoms with Crippen LogP contribution in [-0.4, -0.2) is 30.8 Å². The van der Waals surface area contributed by atoms with Gasteiger partial charge in [0.2, 0.25) is 5.91 Å². The third-order valence-corrected chi connectivity index (χ3v) is 6.95. The monoisotopic (exact) mass is 537 g/mol. The molecule has 0 aromatic heterocycles. The number of rotatable bonds is 10. The number of carbonyl (C=O) groups excluding carboxylic acids is 2. The molecule has 1 heterocycles. The number of carbonyl (C=O) groups is 2. The maximum absolute atomic E-state index is 13.0. The largest absolute Gasteiger partial charge is 0.494 e. The summed E-state index contributed by atoms with van der Waals surface area (Å²) in [6.07, 6.45) is 1.48. The number of benzene rings is 2. The van der Waals surface area contributed by atoms with Crippen molar-refractivity contribution in [2.45, 2.75) is 26.7 Å².